The van der Waals surface area contributed by atoms with Crippen molar-refractivity contribution in [2.45, 2.75) is 102 Å². The van der Waals surface area contributed by atoms with E-state index in [0.717, 1.165) is 38.5 Å². The van der Waals surface area contributed by atoms with Crippen molar-refractivity contribution in [1.82, 2.24) is 5.32 Å². The maximum Gasteiger partial charge on any atom is 0.220 e. The molecule has 1 rings (SSSR count). The van der Waals surface area contributed by atoms with Gasteiger partial charge >= 0.3 is 0 Å². The number of amides is 1. The molecule has 0 saturated heterocycles. The second-order valence-corrected chi connectivity index (χ2v) is 6.79. The molecular weight excluding hydrogens is 262 g/mol. The molecule has 0 aromatic rings. The van der Waals surface area contributed by atoms with E-state index in [4.69, 9.17) is 0 Å². The van der Waals surface area contributed by atoms with Crippen molar-refractivity contribution in [1.29, 1.82) is 0 Å². The highest BCUT2D eigenvalue weighted by Gasteiger charge is 2.31. The number of hydrogen-bond donors (Lipinski definition) is 2. The van der Waals surface area contributed by atoms with Crippen LogP contribution in [0.4, 0.5) is 0 Å². The average molecular weight is 297 g/mol. The first-order valence-electron chi connectivity index (χ1n) is 9.15. The van der Waals surface area contributed by atoms with Gasteiger partial charge in [-0.25, -0.2) is 0 Å². The third-order valence-electron chi connectivity index (χ3n) is 4.66. The third-order valence-corrected chi connectivity index (χ3v) is 4.66. The number of rotatable bonds is 12. The Balaban J connectivity index is 1.87. The van der Waals surface area contributed by atoms with Crippen molar-refractivity contribution in [2.24, 2.45) is 0 Å². The normalized spacial score (nSPS) is 17.0. The van der Waals surface area contributed by atoms with Gasteiger partial charge in [0.1, 0.15) is 0 Å². The molecule has 1 saturated carbocycles. The van der Waals surface area contributed by atoms with Crippen LogP contribution in [0.2, 0.25) is 0 Å². The van der Waals surface area contributed by atoms with E-state index in [1.807, 2.05) is 0 Å². The largest absolute Gasteiger partial charge is 0.388 e. The number of carbonyl (C=O) groups is 1. The van der Waals surface area contributed by atoms with Gasteiger partial charge in [-0.15, -0.1) is 0 Å². The van der Waals surface area contributed by atoms with Crippen LogP contribution in [0.3, 0.4) is 0 Å². The first-order valence-corrected chi connectivity index (χ1v) is 9.15. The smallest absolute Gasteiger partial charge is 0.220 e. The maximum absolute atomic E-state index is 11.7. The lowest BCUT2D eigenvalue weighted by Gasteiger charge is -2.22. The highest BCUT2D eigenvalue weighted by molar-refractivity contribution is 5.75. The molecule has 0 spiro atoms. The Morgan fingerprint density at radius 2 is 1.48 bits per heavy atom. The Kier molecular flexibility index (Phi) is 9.73. The van der Waals surface area contributed by atoms with Crippen molar-refractivity contribution in [3.63, 3.8) is 0 Å². The minimum Gasteiger partial charge on any atom is -0.388 e. The Bertz CT molecular complexity index is 272. The zero-order valence-electron chi connectivity index (χ0n) is 14.0. The Morgan fingerprint density at radius 1 is 0.952 bits per heavy atom. The van der Waals surface area contributed by atoms with Crippen molar-refractivity contribution in [2.75, 3.05) is 6.54 Å². The van der Waals surface area contributed by atoms with Crippen LogP contribution in [0, 0.1) is 0 Å². The molecule has 3 heteroatoms. The lowest BCUT2D eigenvalue weighted by molar-refractivity contribution is -0.122. The van der Waals surface area contributed by atoms with E-state index in [1.54, 1.807) is 0 Å². The molecular formula is C18H35NO2. The molecule has 1 amide bonds. The predicted octanol–water partition coefficient (Wildman–Crippen LogP) is 4.33. The van der Waals surface area contributed by atoms with Crippen LogP contribution in [0.5, 0.6) is 0 Å². The van der Waals surface area contributed by atoms with Crippen LogP contribution >= 0.6 is 0 Å². The molecule has 0 unspecified atom stereocenters. The molecule has 0 atom stereocenters. The highest BCUT2D eigenvalue weighted by atomic mass is 16.3. The summed E-state index contributed by atoms with van der Waals surface area (Å²) in [6, 6.07) is 0. The lowest BCUT2D eigenvalue weighted by atomic mass is 10.0. The molecule has 21 heavy (non-hydrogen) atoms. The van der Waals surface area contributed by atoms with Crippen molar-refractivity contribution >= 4 is 5.91 Å². The van der Waals surface area contributed by atoms with Crippen LogP contribution < -0.4 is 5.32 Å². The third kappa shape index (κ3) is 9.13. The van der Waals surface area contributed by atoms with E-state index >= 15 is 0 Å². The summed E-state index contributed by atoms with van der Waals surface area (Å²) in [5, 5.41) is 13.1. The maximum atomic E-state index is 11.7. The second kappa shape index (κ2) is 11.1. The zero-order valence-corrected chi connectivity index (χ0v) is 14.0. The minimum atomic E-state index is -0.617. The summed E-state index contributed by atoms with van der Waals surface area (Å²) in [7, 11) is 0. The fourth-order valence-corrected chi connectivity index (χ4v) is 3.16. The number of aliphatic hydroxyl groups is 1. The van der Waals surface area contributed by atoms with Crippen LogP contribution in [-0.4, -0.2) is 23.2 Å². The monoisotopic (exact) mass is 297 g/mol. The van der Waals surface area contributed by atoms with E-state index in [1.165, 1.54) is 44.9 Å². The molecule has 1 aliphatic rings. The molecule has 0 heterocycles. The van der Waals surface area contributed by atoms with Gasteiger partial charge in [-0.1, -0.05) is 71.1 Å². The fraction of sp³-hybridized carbons (Fsp3) is 0.944. The van der Waals surface area contributed by atoms with Crippen molar-refractivity contribution in [3.05, 3.63) is 0 Å². The average Bonchev–Trinajstić information content (AvgIpc) is 2.91. The highest BCUT2D eigenvalue weighted by Crippen LogP contribution is 2.28. The number of unbranched alkanes of at least 4 members (excludes halogenated alkanes) is 8. The molecule has 2 N–H and O–H groups in total. The number of nitrogens with one attached hydrogen (secondary N) is 1. The molecule has 124 valence electrons. The van der Waals surface area contributed by atoms with Crippen LogP contribution in [-0.2, 0) is 4.79 Å². The lowest BCUT2D eigenvalue weighted by Crippen LogP contribution is -2.40. The summed E-state index contributed by atoms with van der Waals surface area (Å²) in [6.07, 6.45) is 15.9. The van der Waals surface area contributed by atoms with E-state index < -0.39 is 5.60 Å². The van der Waals surface area contributed by atoms with Crippen molar-refractivity contribution in [3.8, 4) is 0 Å². The van der Waals surface area contributed by atoms with E-state index in [9.17, 15) is 9.90 Å². The molecule has 1 fully saturated rings. The summed E-state index contributed by atoms with van der Waals surface area (Å²) in [5.74, 6) is 0.110. The van der Waals surface area contributed by atoms with Crippen LogP contribution in [0.15, 0.2) is 0 Å². The Hall–Kier alpha value is -0.570. The van der Waals surface area contributed by atoms with Gasteiger partial charge in [0, 0.05) is 13.0 Å². The number of carbonyl (C=O) groups excluding carboxylic acids is 1. The van der Waals surface area contributed by atoms with Gasteiger partial charge < -0.3 is 10.4 Å². The van der Waals surface area contributed by atoms with E-state index in [2.05, 4.69) is 12.2 Å². The zero-order chi connectivity index (χ0) is 15.4. The summed E-state index contributed by atoms with van der Waals surface area (Å²) in [5.41, 5.74) is -0.617. The Morgan fingerprint density at radius 3 is 2.05 bits per heavy atom. The predicted molar refractivity (Wildman–Crippen MR) is 88.3 cm³/mol. The van der Waals surface area contributed by atoms with Gasteiger partial charge in [-0.05, 0) is 19.3 Å². The molecule has 0 aliphatic heterocycles. The van der Waals surface area contributed by atoms with Gasteiger partial charge in [0.25, 0.3) is 0 Å². The summed E-state index contributed by atoms with van der Waals surface area (Å²) in [4.78, 5) is 11.7. The van der Waals surface area contributed by atoms with Gasteiger partial charge in [0.05, 0.1) is 5.60 Å². The summed E-state index contributed by atoms with van der Waals surface area (Å²) < 4.78 is 0. The van der Waals surface area contributed by atoms with Crippen LogP contribution in [0.25, 0.3) is 0 Å². The SMILES string of the molecule is CCCCCCCCCCCC(=O)NCC1(O)CCCC1. The van der Waals surface area contributed by atoms with Gasteiger partial charge in [-0.3, -0.25) is 4.79 Å². The standard InChI is InChI=1S/C18H35NO2/c1-2-3-4-5-6-7-8-9-10-13-17(20)19-16-18(21)14-11-12-15-18/h21H,2-16H2,1H3,(H,19,20). The van der Waals surface area contributed by atoms with Crippen molar-refractivity contribution < 1.29 is 9.90 Å². The molecule has 0 aromatic heterocycles. The molecule has 1 aliphatic carbocycles. The minimum absolute atomic E-state index is 0.110. The van der Waals surface area contributed by atoms with Gasteiger partial charge in [0.15, 0.2) is 0 Å². The topological polar surface area (TPSA) is 49.3 Å². The molecule has 3 nitrogen and oxygen atoms in total. The number of hydrogen-bond acceptors (Lipinski definition) is 2. The van der Waals surface area contributed by atoms with Crippen LogP contribution in [0.1, 0.15) is 96.8 Å². The Labute approximate surface area is 130 Å². The fourth-order valence-electron chi connectivity index (χ4n) is 3.16. The first kappa shape index (κ1) is 18.5. The van der Waals surface area contributed by atoms with Gasteiger partial charge in [0.2, 0.25) is 5.91 Å². The van der Waals surface area contributed by atoms with Gasteiger partial charge in [-0.2, -0.15) is 0 Å². The molecule has 0 bridgehead atoms. The summed E-state index contributed by atoms with van der Waals surface area (Å²) in [6.45, 7) is 2.69. The second-order valence-electron chi connectivity index (χ2n) is 6.79. The quantitative estimate of drug-likeness (QED) is 0.527. The summed E-state index contributed by atoms with van der Waals surface area (Å²) >= 11 is 0. The van der Waals surface area contributed by atoms with E-state index in [0.29, 0.717) is 13.0 Å². The first-order chi connectivity index (χ1) is 10.2. The molecule has 0 aromatic carbocycles. The molecule has 0 radical (unpaired) electrons. The van der Waals surface area contributed by atoms with E-state index in [-0.39, 0.29) is 5.91 Å².